The highest BCUT2D eigenvalue weighted by molar-refractivity contribution is 6.39. The van der Waals surface area contributed by atoms with Gasteiger partial charge in [-0.25, -0.2) is 14.6 Å². The Morgan fingerprint density at radius 3 is 2.33 bits per heavy atom. The predicted molar refractivity (Wildman–Crippen MR) is 123 cm³/mol. The number of aryl methyl sites for hydroxylation is 2. The van der Waals surface area contributed by atoms with Gasteiger partial charge in [-0.2, -0.15) is 5.10 Å². The first-order chi connectivity index (χ1) is 15.7. The van der Waals surface area contributed by atoms with E-state index in [9.17, 15) is 23.9 Å². The van der Waals surface area contributed by atoms with E-state index in [4.69, 9.17) is 0 Å². The van der Waals surface area contributed by atoms with E-state index in [2.05, 4.69) is 21.2 Å². The minimum absolute atomic E-state index is 0.0254. The van der Waals surface area contributed by atoms with E-state index >= 15 is 0 Å². The third-order valence-corrected chi connectivity index (χ3v) is 4.74. The minimum atomic E-state index is -1.12. The van der Waals surface area contributed by atoms with Crippen molar-refractivity contribution in [1.82, 2.24) is 5.43 Å². The summed E-state index contributed by atoms with van der Waals surface area (Å²) in [4.78, 5) is 35.5. The number of hydrogen-bond acceptors (Lipinski definition) is 5. The summed E-state index contributed by atoms with van der Waals surface area (Å²) in [6.45, 7) is 3.57. The molecule has 8 nitrogen and oxygen atoms in total. The molecule has 168 valence electrons. The molecule has 9 heteroatoms. The molecule has 0 atom stereocenters. The second-order valence-corrected chi connectivity index (χ2v) is 7.16. The van der Waals surface area contributed by atoms with Crippen LogP contribution in [0.4, 0.5) is 21.5 Å². The number of nitrogens with zero attached hydrogens (tertiary/aromatic N) is 1. The van der Waals surface area contributed by atoms with Gasteiger partial charge in [0.15, 0.2) is 0 Å². The lowest BCUT2D eigenvalue weighted by molar-refractivity contribution is -0.136. The fourth-order valence-electron chi connectivity index (χ4n) is 2.89. The van der Waals surface area contributed by atoms with Gasteiger partial charge in [0.2, 0.25) is 0 Å². The van der Waals surface area contributed by atoms with Gasteiger partial charge in [0.05, 0.1) is 11.8 Å². The second-order valence-electron chi connectivity index (χ2n) is 7.16. The van der Waals surface area contributed by atoms with E-state index < -0.39 is 23.6 Å². The standard InChI is InChI=1S/C24H21FN4O4/c1-14-5-3-4-6-19(14)27-20-10-8-16(24(32)33)11-17(20)13-26-29-23(31)22(30)28-21-12-18(25)9-7-15(21)2/h3-13,27H,1-2H3,(H,28,30)(H,29,31)(H,32,33)/b26-13-. The van der Waals surface area contributed by atoms with E-state index in [1.165, 1.54) is 30.5 Å². The van der Waals surface area contributed by atoms with Crippen molar-refractivity contribution < 1.29 is 23.9 Å². The summed E-state index contributed by atoms with van der Waals surface area (Å²) in [5, 5.41) is 18.6. The van der Waals surface area contributed by atoms with E-state index in [0.29, 0.717) is 16.8 Å². The fourth-order valence-corrected chi connectivity index (χ4v) is 2.89. The molecular weight excluding hydrogens is 427 g/mol. The quantitative estimate of drug-likeness (QED) is 0.258. The molecule has 2 amide bonds. The molecule has 3 rings (SSSR count). The Hall–Kier alpha value is -4.53. The summed E-state index contributed by atoms with van der Waals surface area (Å²) in [6, 6.07) is 15.7. The second kappa shape index (κ2) is 10.2. The highest BCUT2D eigenvalue weighted by Crippen LogP contribution is 2.23. The van der Waals surface area contributed by atoms with E-state index in [1.54, 1.807) is 13.0 Å². The summed E-state index contributed by atoms with van der Waals surface area (Å²) >= 11 is 0. The highest BCUT2D eigenvalue weighted by Gasteiger charge is 2.15. The van der Waals surface area contributed by atoms with Gasteiger partial charge in [-0.1, -0.05) is 24.3 Å². The molecule has 3 aromatic rings. The first-order valence-corrected chi connectivity index (χ1v) is 9.85. The summed E-state index contributed by atoms with van der Waals surface area (Å²) in [5.74, 6) is -3.78. The molecule has 0 spiro atoms. The number of para-hydroxylation sites is 1. The predicted octanol–water partition coefficient (Wildman–Crippen LogP) is 3.97. The Morgan fingerprint density at radius 2 is 1.61 bits per heavy atom. The van der Waals surface area contributed by atoms with Crippen molar-refractivity contribution in [1.29, 1.82) is 0 Å². The molecular formula is C24H21FN4O4. The Kier molecular flexibility index (Phi) is 7.14. The number of halogens is 1. The summed E-state index contributed by atoms with van der Waals surface area (Å²) in [7, 11) is 0. The van der Waals surface area contributed by atoms with Crippen LogP contribution >= 0.6 is 0 Å². The average Bonchev–Trinajstić information content (AvgIpc) is 2.78. The van der Waals surface area contributed by atoms with Gasteiger partial charge in [-0.05, 0) is 61.4 Å². The van der Waals surface area contributed by atoms with E-state index in [0.717, 1.165) is 17.3 Å². The van der Waals surface area contributed by atoms with Crippen LogP contribution in [-0.2, 0) is 9.59 Å². The third kappa shape index (κ3) is 6.01. The van der Waals surface area contributed by atoms with Crippen molar-refractivity contribution in [2.24, 2.45) is 5.10 Å². The fraction of sp³-hybridized carbons (Fsp3) is 0.0833. The lowest BCUT2D eigenvalue weighted by Crippen LogP contribution is -2.32. The molecule has 0 saturated carbocycles. The molecule has 0 heterocycles. The molecule has 0 unspecified atom stereocenters. The van der Waals surface area contributed by atoms with Gasteiger partial charge >= 0.3 is 17.8 Å². The molecule has 0 aromatic heterocycles. The Bertz CT molecular complexity index is 1260. The Balaban J connectivity index is 1.76. The molecule has 0 aliphatic heterocycles. The van der Waals surface area contributed by atoms with Gasteiger partial charge in [0, 0.05) is 22.6 Å². The van der Waals surface area contributed by atoms with Gasteiger partial charge in [-0.15, -0.1) is 0 Å². The number of aromatic carboxylic acids is 1. The molecule has 0 bridgehead atoms. The van der Waals surface area contributed by atoms with Crippen molar-refractivity contribution in [2.75, 3.05) is 10.6 Å². The van der Waals surface area contributed by atoms with Crippen LogP contribution in [0.5, 0.6) is 0 Å². The number of rotatable bonds is 6. The molecule has 4 N–H and O–H groups in total. The number of anilines is 3. The molecule has 0 aliphatic carbocycles. The minimum Gasteiger partial charge on any atom is -0.478 e. The van der Waals surface area contributed by atoms with Crippen LogP contribution in [0.1, 0.15) is 27.0 Å². The number of carboxylic acid groups (broad SMARTS) is 1. The lowest BCUT2D eigenvalue weighted by atomic mass is 10.1. The summed E-state index contributed by atoms with van der Waals surface area (Å²) in [5.41, 5.74) is 5.56. The largest absolute Gasteiger partial charge is 0.478 e. The van der Waals surface area contributed by atoms with Crippen LogP contribution in [0, 0.1) is 19.7 Å². The summed E-state index contributed by atoms with van der Waals surface area (Å²) in [6.07, 6.45) is 1.23. The maximum absolute atomic E-state index is 13.4. The van der Waals surface area contributed by atoms with Crippen molar-refractivity contribution in [3.8, 4) is 0 Å². The van der Waals surface area contributed by atoms with Crippen LogP contribution in [0.15, 0.2) is 65.8 Å². The Morgan fingerprint density at radius 1 is 0.879 bits per heavy atom. The first kappa shape index (κ1) is 23.1. The van der Waals surface area contributed by atoms with Crippen molar-refractivity contribution in [2.45, 2.75) is 13.8 Å². The molecule has 3 aromatic carbocycles. The number of carbonyl (C=O) groups is 3. The number of carboxylic acids is 1. The van der Waals surface area contributed by atoms with Gasteiger partial charge in [0.25, 0.3) is 0 Å². The lowest BCUT2D eigenvalue weighted by Gasteiger charge is -2.12. The number of hydrogen-bond donors (Lipinski definition) is 4. The molecule has 0 aliphatic rings. The van der Waals surface area contributed by atoms with Crippen LogP contribution in [-0.4, -0.2) is 29.1 Å². The molecule has 33 heavy (non-hydrogen) atoms. The number of amides is 2. The summed E-state index contributed by atoms with van der Waals surface area (Å²) < 4.78 is 13.4. The van der Waals surface area contributed by atoms with Crippen LogP contribution < -0.4 is 16.1 Å². The van der Waals surface area contributed by atoms with Crippen LogP contribution in [0.2, 0.25) is 0 Å². The SMILES string of the molecule is Cc1ccc(F)cc1NC(=O)C(=O)N/N=C\c1cc(C(=O)O)ccc1Nc1ccccc1C. The van der Waals surface area contributed by atoms with Crippen LogP contribution in [0.25, 0.3) is 0 Å². The molecule has 0 radical (unpaired) electrons. The highest BCUT2D eigenvalue weighted by atomic mass is 19.1. The zero-order chi connectivity index (χ0) is 24.0. The first-order valence-electron chi connectivity index (χ1n) is 9.85. The zero-order valence-corrected chi connectivity index (χ0v) is 17.8. The van der Waals surface area contributed by atoms with E-state index in [-0.39, 0.29) is 11.3 Å². The zero-order valence-electron chi connectivity index (χ0n) is 17.8. The van der Waals surface area contributed by atoms with Gasteiger partial charge in [0.1, 0.15) is 5.82 Å². The van der Waals surface area contributed by atoms with Crippen molar-refractivity contribution >= 4 is 41.1 Å². The number of hydrazone groups is 1. The van der Waals surface area contributed by atoms with Crippen LogP contribution in [0.3, 0.4) is 0 Å². The average molecular weight is 448 g/mol. The monoisotopic (exact) mass is 448 g/mol. The van der Waals surface area contributed by atoms with Crippen molar-refractivity contribution in [3.63, 3.8) is 0 Å². The molecule has 0 fully saturated rings. The topological polar surface area (TPSA) is 120 Å². The maximum atomic E-state index is 13.4. The Labute approximate surface area is 189 Å². The number of benzene rings is 3. The van der Waals surface area contributed by atoms with Gasteiger partial charge in [-0.3, -0.25) is 9.59 Å². The number of carbonyl (C=O) groups excluding carboxylic acids is 2. The maximum Gasteiger partial charge on any atom is 0.335 e. The van der Waals surface area contributed by atoms with E-state index in [1.807, 2.05) is 31.2 Å². The third-order valence-electron chi connectivity index (χ3n) is 4.74. The number of nitrogens with one attached hydrogen (secondary N) is 3. The smallest absolute Gasteiger partial charge is 0.335 e. The van der Waals surface area contributed by atoms with Gasteiger partial charge < -0.3 is 15.7 Å². The molecule has 0 saturated heterocycles. The normalized spacial score (nSPS) is 10.6. The van der Waals surface area contributed by atoms with Crippen molar-refractivity contribution in [3.05, 3.63) is 88.7 Å².